The van der Waals surface area contributed by atoms with Crippen LogP contribution in [0.2, 0.25) is 0 Å². The van der Waals surface area contributed by atoms with E-state index >= 15 is 0 Å². The van der Waals surface area contributed by atoms with E-state index in [-0.39, 0.29) is 0 Å². The van der Waals surface area contributed by atoms with Crippen LogP contribution in [0, 0.1) is 11.8 Å². The highest BCUT2D eigenvalue weighted by Gasteiger charge is 2.23. The number of hydrogen-bond acceptors (Lipinski definition) is 1. The molecule has 54 valence electrons. The Bertz CT molecular complexity index is 80.6. The van der Waals surface area contributed by atoms with Crippen molar-refractivity contribution in [1.82, 2.24) is 0 Å². The van der Waals surface area contributed by atoms with E-state index in [4.69, 9.17) is 4.74 Å². The smallest absolute Gasteiger partial charge is 0.0575 e. The Morgan fingerprint density at radius 1 is 1.22 bits per heavy atom. The fourth-order valence-corrected chi connectivity index (χ4v) is 1.32. The van der Waals surface area contributed by atoms with Crippen LogP contribution in [0.15, 0.2) is 0 Å². The molecule has 1 heteroatoms. The van der Waals surface area contributed by atoms with Gasteiger partial charge in [-0.3, -0.25) is 0 Å². The van der Waals surface area contributed by atoms with Crippen LogP contribution in [0.4, 0.5) is 0 Å². The van der Waals surface area contributed by atoms with Crippen LogP contribution in [0.1, 0.15) is 27.2 Å². The largest absolute Gasteiger partial charge is 0.378 e. The summed E-state index contributed by atoms with van der Waals surface area (Å²) in [6.45, 7) is 7.71. The fraction of sp³-hybridized carbons (Fsp3) is 1.00. The summed E-state index contributed by atoms with van der Waals surface area (Å²) >= 11 is 0. The third-order valence-corrected chi connectivity index (χ3v) is 2.59. The van der Waals surface area contributed by atoms with Crippen molar-refractivity contribution in [3.05, 3.63) is 0 Å². The first-order valence-electron chi connectivity index (χ1n) is 3.83. The molecule has 1 fully saturated rings. The Morgan fingerprint density at radius 2 is 1.89 bits per heavy atom. The molecule has 1 rings (SSSR count). The van der Waals surface area contributed by atoms with Gasteiger partial charge in [0.1, 0.15) is 0 Å². The molecular formula is C8H16O. The summed E-state index contributed by atoms with van der Waals surface area (Å²) < 4.78 is 5.46. The van der Waals surface area contributed by atoms with Gasteiger partial charge in [-0.05, 0) is 25.2 Å². The van der Waals surface area contributed by atoms with Crippen LogP contribution in [0.3, 0.4) is 0 Å². The molecule has 0 aromatic heterocycles. The minimum atomic E-state index is 0.480. The summed E-state index contributed by atoms with van der Waals surface area (Å²) in [7, 11) is 0. The number of hydrogen-bond donors (Lipinski definition) is 0. The lowest BCUT2D eigenvalue weighted by molar-refractivity contribution is -0.0345. The second-order valence-corrected chi connectivity index (χ2v) is 3.20. The molecule has 1 aliphatic rings. The summed E-state index contributed by atoms with van der Waals surface area (Å²) in [4.78, 5) is 0. The van der Waals surface area contributed by atoms with Crippen molar-refractivity contribution < 1.29 is 4.74 Å². The molecule has 0 spiro atoms. The number of ether oxygens (including phenoxy) is 1. The van der Waals surface area contributed by atoms with Gasteiger partial charge in [0.2, 0.25) is 0 Å². The van der Waals surface area contributed by atoms with Gasteiger partial charge in [0, 0.05) is 6.61 Å². The Morgan fingerprint density at radius 3 is 2.33 bits per heavy atom. The standard InChI is InChI=1S/C8H16O/c1-6-4-5-9-8(3)7(6)2/h6-8H,4-5H2,1-3H3/t6-,7+,8-/m0/s1. The molecule has 3 atom stereocenters. The van der Waals surface area contributed by atoms with Crippen LogP contribution in [0.25, 0.3) is 0 Å². The van der Waals surface area contributed by atoms with Crippen molar-refractivity contribution >= 4 is 0 Å². The lowest BCUT2D eigenvalue weighted by Crippen LogP contribution is -2.30. The average Bonchev–Trinajstić information content (AvgIpc) is 1.83. The Balaban J connectivity index is 2.41. The molecule has 0 aromatic rings. The van der Waals surface area contributed by atoms with E-state index in [9.17, 15) is 0 Å². The van der Waals surface area contributed by atoms with Crippen LogP contribution in [-0.2, 0) is 4.74 Å². The van der Waals surface area contributed by atoms with E-state index in [0.29, 0.717) is 6.10 Å². The van der Waals surface area contributed by atoms with Gasteiger partial charge in [0.15, 0.2) is 0 Å². The Kier molecular flexibility index (Phi) is 2.12. The molecule has 0 aliphatic carbocycles. The molecule has 9 heavy (non-hydrogen) atoms. The molecule has 1 heterocycles. The van der Waals surface area contributed by atoms with Crippen LogP contribution in [-0.4, -0.2) is 12.7 Å². The maximum absolute atomic E-state index is 5.46. The minimum absolute atomic E-state index is 0.480. The van der Waals surface area contributed by atoms with E-state index in [2.05, 4.69) is 20.8 Å². The first kappa shape index (κ1) is 7.07. The molecule has 1 saturated heterocycles. The lowest BCUT2D eigenvalue weighted by Gasteiger charge is -2.31. The first-order valence-corrected chi connectivity index (χ1v) is 3.83. The predicted molar refractivity (Wildman–Crippen MR) is 38.4 cm³/mol. The normalized spacial score (nSPS) is 45.0. The summed E-state index contributed by atoms with van der Waals surface area (Å²) in [6.07, 6.45) is 1.72. The maximum atomic E-state index is 5.46. The highest BCUT2D eigenvalue weighted by molar-refractivity contribution is 4.72. The minimum Gasteiger partial charge on any atom is -0.378 e. The average molecular weight is 128 g/mol. The van der Waals surface area contributed by atoms with E-state index < -0.39 is 0 Å². The van der Waals surface area contributed by atoms with E-state index in [0.717, 1.165) is 18.4 Å². The first-order chi connectivity index (χ1) is 4.22. The quantitative estimate of drug-likeness (QED) is 0.485. The van der Waals surface area contributed by atoms with Gasteiger partial charge in [0.25, 0.3) is 0 Å². The van der Waals surface area contributed by atoms with Gasteiger partial charge < -0.3 is 4.74 Å². The van der Waals surface area contributed by atoms with Crippen molar-refractivity contribution in [3.8, 4) is 0 Å². The van der Waals surface area contributed by atoms with Crippen molar-refractivity contribution in [2.75, 3.05) is 6.61 Å². The zero-order chi connectivity index (χ0) is 6.85. The summed E-state index contributed by atoms with van der Waals surface area (Å²) in [6, 6.07) is 0. The van der Waals surface area contributed by atoms with Crippen LogP contribution >= 0.6 is 0 Å². The van der Waals surface area contributed by atoms with Crippen molar-refractivity contribution in [2.24, 2.45) is 11.8 Å². The molecule has 1 nitrogen and oxygen atoms in total. The van der Waals surface area contributed by atoms with E-state index in [1.165, 1.54) is 6.42 Å². The van der Waals surface area contributed by atoms with Gasteiger partial charge in [-0.25, -0.2) is 0 Å². The highest BCUT2D eigenvalue weighted by atomic mass is 16.5. The third-order valence-electron chi connectivity index (χ3n) is 2.59. The van der Waals surface area contributed by atoms with Gasteiger partial charge in [-0.15, -0.1) is 0 Å². The van der Waals surface area contributed by atoms with Gasteiger partial charge >= 0.3 is 0 Å². The SMILES string of the molecule is C[C@H]1[C@H](C)OCC[C@@H]1C. The second-order valence-electron chi connectivity index (χ2n) is 3.20. The second kappa shape index (κ2) is 2.70. The summed E-state index contributed by atoms with van der Waals surface area (Å²) in [5.74, 6) is 1.60. The topological polar surface area (TPSA) is 9.23 Å². The maximum Gasteiger partial charge on any atom is 0.0575 e. The van der Waals surface area contributed by atoms with Crippen molar-refractivity contribution in [1.29, 1.82) is 0 Å². The fourth-order valence-electron chi connectivity index (χ4n) is 1.32. The van der Waals surface area contributed by atoms with Crippen molar-refractivity contribution in [2.45, 2.75) is 33.3 Å². The van der Waals surface area contributed by atoms with Gasteiger partial charge in [-0.2, -0.15) is 0 Å². The van der Waals surface area contributed by atoms with Crippen molar-refractivity contribution in [3.63, 3.8) is 0 Å². The highest BCUT2D eigenvalue weighted by Crippen LogP contribution is 2.25. The van der Waals surface area contributed by atoms with E-state index in [1.807, 2.05) is 0 Å². The van der Waals surface area contributed by atoms with Crippen LogP contribution in [0.5, 0.6) is 0 Å². The molecular weight excluding hydrogens is 112 g/mol. The lowest BCUT2D eigenvalue weighted by atomic mass is 9.87. The molecule has 0 unspecified atom stereocenters. The third kappa shape index (κ3) is 1.45. The molecule has 0 saturated carbocycles. The summed E-state index contributed by atoms with van der Waals surface area (Å²) in [5.41, 5.74) is 0. The van der Waals surface area contributed by atoms with Crippen LogP contribution < -0.4 is 0 Å². The van der Waals surface area contributed by atoms with Gasteiger partial charge in [0.05, 0.1) is 6.10 Å². The molecule has 0 amide bonds. The summed E-state index contributed by atoms with van der Waals surface area (Å²) in [5, 5.41) is 0. The molecule has 0 aromatic carbocycles. The number of rotatable bonds is 0. The van der Waals surface area contributed by atoms with Gasteiger partial charge in [-0.1, -0.05) is 13.8 Å². The monoisotopic (exact) mass is 128 g/mol. The molecule has 0 N–H and O–H groups in total. The zero-order valence-electron chi connectivity index (χ0n) is 6.55. The zero-order valence-corrected chi connectivity index (χ0v) is 6.55. The Labute approximate surface area is 57.4 Å². The predicted octanol–water partition coefficient (Wildman–Crippen LogP) is 2.07. The molecule has 1 aliphatic heterocycles. The van der Waals surface area contributed by atoms with E-state index in [1.54, 1.807) is 0 Å². The Hall–Kier alpha value is -0.0400. The molecule has 0 bridgehead atoms. The molecule has 0 radical (unpaired) electrons.